The monoisotopic (exact) mass is 279 g/mol. The van der Waals surface area contributed by atoms with Crippen molar-refractivity contribution in [1.29, 1.82) is 0 Å². The van der Waals surface area contributed by atoms with E-state index in [-0.39, 0.29) is 18.9 Å². The number of ether oxygens (including phenoxy) is 2. The van der Waals surface area contributed by atoms with Crippen molar-refractivity contribution in [2.75, 3.05) is 20.8 Å². The van der Waals surface area contributed by atoms with Crippen LogP contribution < -0.4 is 14.8 Å². The standard InChI is InChI=1S/C14H17NO5/c1-19-11-5-3-10(9-12(11)20-2)4-6-13(16)15-8-7-14(17)18/h3-6,9H,7-8H2,1-2H3,(H,15,16)(H,17,18)/b6-4-. The summed E-state index contributed by atoms with van der Waals surface area (Å²) in [6.07, 6.45) is 2.84. The minimum atomic E-state index is -0.950. The normalized spacial score (nSPS) is 10.3. The number of rotatable bonds is 7. The van der Waals surface area contributed by atoms with Gasteiger partial charge in [-0.1, -0.05) is 6.07 Å². The Bertz CT molecular complexity index is 510. The lowest BCUT2D eigenvalue weighted by molar-refractivity contribution is -0.136. The van der Waals surface area contributed by atoms with Crippen molar-refractivity contribution in [1.82, 2.24) is 5.32 Å². The molecule has 0 aliphatic heterocycles. The third-order valence-corrected chi connectivity index (χ3v) is 2.47. The fourth-order valence-electron chi connectivity index (χ4n) is 1.48. The summed E-state index contributed by atoms with van der Waals surface area (Å²) in [6, 6.07) is 5.25. The van der Waals surface area contributed by atoms with Gasteiger partial charge in [-0.3, -0.25) is 9.59 Å². The summed E-state index contributed by atoms with van der Waals surface area (Å²) in [4.78, 5) is 21.7. The molecule has 0 fully saturated rings. The van der Waals surface area contributed by atoms with E-state index in [2.05, 4.69) is 5.32 Å². The van der Waals surface area contributed by atoms with Gasteiger partial charge in [-0.25, -0.2) is 0 Å². The number of nitrogens with one attached hydrogen (secondary N) is 1. The third kappa shape index (κ3) is 5.01. The Labute approximate surface area is 117 Å². The summed E-state index contributed by atoms with van der Waals surface area (Å²) in [5.41, 5.74) is 0.774. The molecule has 1 amide bonds. The number of carbonyl (C=O) groups is 2. The minimum absolute atomic E-state index is 0.101. The molecule has 0 saturated heterocycles. The molecule has 0 radical (unpaired) electrons. The molecule has 6 heteroatoms. The van der Waals surface area contributed by atoms with E-state index >= 15 is 0 Å². The predicted octanol–water partition coefficient (Wildman–Crippen LogP) is 1.31. The Balaban J connectivity index is 2.61. The highest BCUT2D eigenvalue weighted by Gasteiger charge is 2.03. The van der Waals surface area contributed by atoms with Crippen LogP contribution in [0.4, 0.5) is 0 Å². The van der Waals surface area contributed by atoms with E-state index in [1.165, 1.54) is 13.2 Å². The number of amides is 1. The molecule has 1 rings (SSSR count). The van der Waals surface area contributed by atoms with Crippen LogP contribution in [0.5, 0.6) is 11.5 Å². The molecule has 0 heterocycles. The van der Waals surface area contributed by atoms with E-state index in [1.54, 1.807) is 31.4 Å². The molecule has 0 saturated carbocycles. The smallest absolute Gasteiger partial charge is 0.305 e. The molecule has 0 aliphatic rings. The summed E-state index contributed by atoms with van der Waals surface area (Å²) in [5.74, 6) is -0.119. The topological polar surface area (TPSA) is 84.9 Å². The van der Waals surface area contributed by atoms with Crippen LogP contribution in [-0.2, 0) is 9.59 Å². The molecule has 0 atom stereocenters. The predicted molar refractivity (Wildman–Crippen MR) is 73.8 cm³/mol. The van der Waals surface area contributed by atoms with Gasteiger partial charge in [0, 0.05) is 12.6 Å². The Morgan fingerprint density at radius 3 is 2.55 bits per heavy atom. The fraction of sp³-hybridized carbons (Fsp3) is 0.286. The average Bonchev–Trinajstić information content (AvgIpc) is 2.44. The maximum absolute atomic E-state index is 11.4. The lowest BCUT2D eigenvalue weighted by atomic mass is 10.2. The second kappa shape index (κ2) is 7.83. The highest BCUT2D eigenvalue weighted by molar-refractivity contribution is 5.91. The van der Waals surface area contributed by atoms with Gasteiger partial charge < -0.3 is 19.9 Å². The van der Waals surface area contributed by atoms with Gasteiger partial charge in [-0.15, -0.1) is 0 Å². The molecular weight excluding hydrogens is 262 g/mol. The molecule has 0 bridgehead atoms. The highest BCUT2D eigenvalue weighted by Crippen LogP contribution is 2.27. The van der Waals surface area contributed by atoms with E-state index in [0.29, 0.717) is 11.5 Å². The third-order valence-electron chi connectivity index (χ3n) is 2.47. The van der Waals surface area contributed by atoms with Crippen LogP contribution >= 0.6 is 0 Å². The molecule has 0 aromatic heterocycles. The maximum Gasteiger partial charge on any atom is 0.305 e. The molecule has 0 aliphatic carbocycles. The van der Waals surface area contributed by atoms with Gasteiger partial charge in [0.15, 0.2) is 11.5 Å². The number of aliphatic carboxylic acids is 1. The van der Waals surface area contributed by atoms with Crippen molar-refractivity contribution in [2.45, 2.75) is 6.42 Å². The van der Waals surface area contributed by atoms with Crippen molar-refractivity contribution >= 4 is 18.0 Å². The first kappa shape index (κ1) is 15.6. The highest BCUT2D eigenvalue weighted by atomic mass is 16.5. The molecule has 2 N–H and O–H groups in total. The quantitative estimate of drug-likeness (QED) is 0.735. The first-order valence-electron chi connectivity index (χ1n) is 5.96. The van der Waals surface area contributed by atoms with E-state index in [4.69, 9.17) is 14.6 Å². The Kier molecular flexibility index (Phi) is 6.09. The van der Waals surface area contributed by atoms with Crippen molar-refractivity contribution in [3.8, 4) is 11.5 Å². The zero-order chi connectivity index (χ0) is 15.0. The first-order chi connectivity index (χ1) is 9.56. The molecule has 0 spiro atoms. The molecule has 0 unspecified atom stereocenters. The Morgan fingerprint density at radius 1 is 1.25 bits per heavy atom. The summed E-state index contributed by atoms with van der Waals surface area (Å²) < 4.78 is 10.3. The van der Waals surface area contributed by atoms with Gasteiger partial charge in [-0.2, -0.15) is 0 Å². The van der Waals surface area contributed by atoms with Gasteiger partial charge in [0.25, 0.3) is 0 Å². The van der Waals surface area contributed by atoms with Gasteiger partial charge in [0.2, 0.25) is 5.91 Å². The van der Waals surface area contributed by atoms with Gasteiger partial charge in [0.05, 0.1) is 20.6 Å². The van der Waals surface area contributed by atoms with E-state index in [0.717, 1.165) is 5.56 Å². The zero-order valence-electron chi connectivity index (χ0n) is 11.4. The Hall–Kier alpha value is -2.50. The second-order valence-corrected chi connectivity index (χ2v) is 3.88. The molecule has 20 heavy (non-hydrogen) atoms. The molecule has 1 aromatic carbocycles. The SMILES string of the molecule is COc1ccc(/C=C\C(=O)NCCC(=O)O)cc1OC. The van der Waals surface area contributed by atoms with E-state index in [1.807, 2.05) is 0 Å². The molecule has 6 nitrogen and oxygen atoms in total. The molecule has 108 valence electrons. The van der Waals surface area contributed by atoms with Gasteiger partial charge in [-0.05, 0) is 23.8 Å². The van der Waals surface area contributed by atoms with Crippen molar-refractivity contribution in [3.05, 3.63) is 29.8 Å². The van der Waals surface area contributed by atoms with Crippen LogP contribution in [0.2, 0.25) is 0 Å². The first-order valence-corrected chi connectivity index (χ1v) is 5.96. The summed E-state index contributed by atoms with van der Waals surface area (Å²) >= 11 is 0. The largest absolute Gasteiger partial charge is 0.493 e. The lowest BCUT2D eigenvalue weighted by Crippen LogP contribution is -2.23. The van der Waals surface area contributed by atoms with Crippen LogP contribution in [0, 0.1) is 0 Å². The van der Waals surface area contributed by atoms with Crippen LogP contribution in [0.1, 0.15) is 12.0 Å². The number of hydrogen-bond donors (Lipinski definition) is 2. The zero-order valence-corrected chi connectivity index (χ0v) is 11.4. The van der Waals surface area contributed by atoms with Crippen LogP contribution in [-0.4, -0.2) is 37.7 Å². The fourth-order valence-corrected chi connectivity index (χ4v) is 1.48. The van der Waals surface area contributed by atoms with Crippen molar-refractivity contribution < 1.29 is 24.2 Å². The van der Waals surface area contributed by atoms with Crippen molar-refractivity contribution in [3.63, 3.8) is 0 Å². The van der Waals surface area contributed by atoms with E-state index < -0.39 is 5.97 Å². The number of benzene rings is 1. The summed E-state index contributed by atoms with van der Waals surface area (Å²) in [7, 11) is 3.08. The number of hydrogen-bond acceptors (Lipinski definition) is 4. The van der Waals surface area contributed by atoms with Crippen LogP contribution in [0.3, 0.4) is 0 Å². The lowest BCUT2D eigenvalue weighted by Gasteiger charge is -2.07. The number of carboxylic acid groups (broad SMARTS) is 1. The van der Waals surface area contributed by atoms with Gasteiger partial charge in [0.1, 0.15) is 0 Å². The van der Waals surface area contributed by atoms with E-state index in [9.17, 15) is 9.59 Å². The summed E-state index contributed by atoms with van der Waals surface area (Å²) in [6.45, 7) is 0.102. The summed E-state index contributed by atoms with van der Waals surface area (Å²) in [5, 5.41) is 10.9. The van der Waals surface area contributed by atoms with Crippen LogP contribution in [0.25, 0.3) is 6.08 Å². The Morgan fingerprint density at radius 2 is 1.95 bits per heavy atom. The second-order valence-electron chi connectivity index (χ2n) is 3.88. The minimum Gasteiger partial charge on any atom is -0.493 e. The average molecular weight is 279 g/mol. The van der Waals surface area contributed by atoms with Crippen LogP contribution in [0.15, 0.2) is 24.3 Å². The number of carbonyl (C=O) groups excluding carboxylic acids is 1. The molecule has 1 aromatic rings. The van der Waals surface area contributed by atoms with Gasteiger partial charge >= 0.3 is 5.97 Å². The number of methoxy groups -OCH3 is 2. The number of carboxylic acids is 1. The molecular formula is C14H17NO5. The maximum atomic E-state index is 11.4. The van der Waals surface area contributed by atoms with Crippen molar-refractivity contribution in [2.24, 2.45) is 0 Å².